The van der Waals surface area contributed by atoms with E-state index in [2.05, 4.69) is 70.8 Å². The van der Waals surface area contributed by atoms with Crippen LogP contribution in [-0.2, 0) is 0 Å². The van der Waals surface area contributed by atoms with Crippen LogP contribution in [0.25, 0.3) is 5.70 Å². The van der Waals surface area contributed by atoms with Crippen molar-refractivity contribution in [2.75, 3.05) is 0 Å². The Morgan fingerprint density at radius 1 is 1.05 bits per heavy atom. The van der Waals surface area contributed by atoms with Crippen LogP contribution in [0.15, 0.2) is 52.2 Å². The number of hydrazine groups is 1. The van der Waals surface area contributed by atoms with Crippen molar-refractivity contribution < 1.29 is 0 Å². The molecular formula is C16H17N3S2. The Morgan fingerprint density at radius 3 is 2.43 bits per heavy atom. The summed E-state index contributed by atoms with van der Waals surface area (Å²) in [7, 11) is 0. The number of amidine groups is 1. The first-order valence-corrected chi connectivity index (χ1v) is 8.59. The Balaban J connectivity index is 1.71. The molecule has 0 bridgehead atoms. The highest BCUT2D eigenvalue weighted by atomic mass is 32.2. The third-order valence-electron chi connectivity index (χ3n) is 3.17. The summed E-state index contributed by atoms with van der Waals surface area (Å²) in [6, 6.07) is 12.5. The molecule has 3 rings (SSSR count). The minimum absolute atomic E-state index is 0.548. The molecule has 0 amide bonds. The number of nitrogens with zero attached hydrogens (tertiary/aromatic N) is 1. The molecule has 0 aliphatic carbocycles. The molecule has 1 aliphatic rings. The zero-order valence-corrected chi connectivity index (χ0v) is 13.6. The first kappa shape index (κ1) is 14.2. The van der Waals surface area contributed by atoms with Gasteiger partial charge in [-0.2, -0.15) is 0 Å². The van der Waals surface area contributed by atoms with Crippen LogP contribution in [0, 0.1) is 0 Å². The van der Waals surface area contributed by atoms with Crippen molar-refractivity contribution in [1.29, 1.82) is 0 Å². The van der Waals surface area contributed by atoms with Gasteiger partial charge in [-0.3, -0.25) is 10.9 Å². The maximum atomic E-state index is 4.60. The quantitative estimate of drug-likeness (QED) is 0.862. The number of thioether (sulfide) groups is 1. The summed E-state index contributed by atoms with van der Waals surface area (Å²) in [5, 5.41) is 5.01. The van der Waals surface area contributed by atoms with E-state index in [-0.39, 0.29) is 0 Å². The molecule has 1 aliphatic heterocycles. The van der Waals surface area contributed by atoms with Gasteiger partial charge in [-0.25, -0.2) is 4.99 Å². The highest BCUT2D eigenvalue weighted by Gasteiger charge is 2.10. The van der Waals surface area contributed by atoms with Crippen LogP contribution < -0.4 is 10.9 Å². The van der Waals surface area contributed by atoms with Crippen LogP contribution >= 0.6 is 23.1 Å². The minimum atomic E-state index is 0.548. The first-order valence-electron chi connectivity index (χ1n) is 6.84. The zero-order chi connectivity index (χ0) is 14.7. The van der Waals surface area contributed by atoms with Crippen molar-refractivity contribution >= 4 is 39.7 Å². The number of aliphatic imine (C=N–C) groups is 1. The molecule has 0 fully saturated rings. The summed E-state index contributed by atoms with van der Waals surface area (Å²) in [4.78, 5) is 5.82. The van der Waals surface area contributed by atoms with Gasteiger partial charge in [0.15, 0.2) is 5.17 Å². The van der Waals surface area contributed by atoms with Crippen molar-refractivity contribution in [2.24, 2.45) is 4.99 Å². The number of hydrogen-bond donors (Lipinski definition) is 2. The van der Waals surface area contributed by atoms with Crippen LogP contribution in [0.5, 0.6) is 0 Å². The van der Waals surface area contributed by atoms with Gasteiger partial charge in [0.05, 0.1) is 16.3 Å². The molecule has 5 heteroatoms. The largest absolute Gasteiger partial charge is 0.297 e. The lowest BCUT2D eigenvalue weighted by Crippen LogP contribution is -2.36. The molecule has 21 heavy (non-hydrogen) atoms. The topological polar surface area (TPSA) is 36.4 Å². The number of hydrogen-bond acceptors (Lipinski definition) is 4. The molecule has 2 N–H and O–H groups in total. The van der Waals surface area contributed by atoms with Gasteiger partial charge in [0.1, 0.15) is 0 Å². The zero-order valence-electron chi connectivity index (χ0n) is 12.0. The van der Waals surface area contributed by atoms with E-state index >= 15 is 0 Å². The van der Waals surface area contributed by atoms with Gasteiger partial charge < -0.3 is 0 Å². The molecule has 0 spiro atoms. The fraction of sp³-hybridized carbons (Fsp3) is 0.188. The average Bonchev–Trinajstić information content (AvgIpc) is 3.03. The third kappa shape index (κ3) is 3.49. The third-order valence-corrected chi connectivity index (χ3v) is 4.84. The summed E-state index contributed by atoms with van der Waals surface area (Å²) in [6.45, 7) is 4.39. The molecular weight excluding hydrogens is 298 g/mol. The standard InChI is InChI=1S/C16H17N3S2/c1-11(2)12-5-7-13(8-6-12)17-16-19-18-14(10-21-16)15-4-3-9-20-15/h3-11,18H,1-2H3,(H,17,19). The first-order chi connectivity index (χ1) is 10.2. The van der Waals surface area contributed by atoms with Crippen LogP contribution in [0.2, 0.25) is 0 Å². The van der Waals surface area contributed by atoms with E-state index in [0.717, 1.165) is 16.6 Å². The molecule has 2 aromatic rings. The Kier molecular flexibility index (Phi) is 4.31. The summed E-state index contributed by atoms with van der Waals surface area (Å²) in [5.41, 5.74) is 9.72. The molecule has 0 atom stereocenters. The molecule has 0 saturated heterocycles. The molecule has 0 saturated carbocycles. The van der Waals surface area contributed by atoms with Crippen molar-refractivity contribution in [1.82, 2.24) is 10.9 Å². The second kappa shape index (κ2) is 6.37. The predicted molar refractivity (Wildman–Crippen MR) is 93.8 cm³/mol. The van der Waals surface area contributed by atoms with E-state index in [9.17, 15) is 0 Å². The Morgan fingerprint density at radius 2 is 1.86 bits per heavy atom. The highest BCUT2D eigenvalue weighted by molar-refractivity contribution is 8.16. The Bertz CT molecular complexity index is 655. The van der Waals surface area contributed by atoms with E-state index in [0.29, 0.717) is 5.92 Å². The normalized spacial score (nSPS) is 16.5. The van der Waals surface area contributed by atoms with Crippen LogP contribution in [0.4, 0.5) is 5.69 Å². The minimum Gasteiger partial charge on any atom is -0.297 e. The second-order valence-corrected chi connectivity index (χ2v) is 6.85. The number of benzene rings is 1. The van der Waals surface area contributed by atoms with Gasteiger partial charge in [-0.15, -0.1) is 11.3 Å². The Hall–Kier alpha value is -1.72. The molecule has 2 heterocycles. The fourth-order valence-corrected chi connectivity index (χ4v) is 3.41. The summed E-state index contributed by atoms with van der Waals surface area (Å²) >= 11 is 3.31. The molecule has 1 aromatic heterocycles. The van der Waals surface area contributed by atoms with Gasteiger partial charge in [-0.1, -0.05) is 43.8 Å². The van der Waals surface area contributed by atoms with Crippen LogP contribution in [0.1, 0.15) is 30.2 Å². The van der Waals surface area contributed by atoms with Gasteiger partial charge in [-0.05, 0) is 35.1 Å². The molecule has 108 valence electrons. The summed E-state index contributed by atoms with van der Waals surface area (Å²) in [6.07, 6.45) is 0. The van der Waals surface area contributed by atoms with Crippen molar-refractivity contribution in [3.8, 4) is 0 Å². The van der Waals surface area contributed by atoms with E-state index < -0.39 is 0 Å². The smallest absolute Gasteiger partial charge is 0.184 e. The second-order valence-electron chi connectivity index (χ2n) is 5.04. The Labute approximate surface area is 133 Å². The van der Waals surface area contributed by atoms with Crippen LogP contribution in [0.3, 0.4) is 0 Å². The molecule has 0 unspecified atom stereocenters. The fourth-order valence-electron chi connectivity index (χ4n) is 1.95. The van der Waals surface area contributed by atoms with E-state index in [1.165, 1.54) is 10.4 Å². The molecule has 0 radical (unpaired) electrons. The van der Waals surface area contributed by atoms with E-state index in [1.54, 1.807) is 23.1 Å². The maximum Gasteiger partial charge on any atom is 0.184 e. The van der Waals surface area contributed by atoms with Crippen molar-refractivity contribution in [2.45, 2.75) is 19.8 Å². The maximum absolute atomic E-state index is 4.60. The highest BCUT2D eigenvalue weighted by Crippen LogP contribution is 2.25. The van der Waals surface area contributed by atoms with Gasteiger partial charge in [0.25, 0.3) is 0 Å². The number of nitrogens with one attached hydrogen (secondary N) is 2. The average molecular weight is 315 g/mol. The number of rotatable bonds is 3. The van der Waals surface area contributed by atoms with Gasteiger partial charge >= 0.3 is 0 Å². The number of thiophene rings is 1. The van der Waals surface area contributed by atoms with Gasteiger partial charge in [0.2, 0.25) is 0 Å². The predicted octanol–water partition coefficient (Wildman–Crippen LogP) is 4.70. The lowest BCUT2D eigenvalue weighted by Gasteiger charge is -2.17. The monoisotopic (exact) mass is 315 g/mol. The van der Waals surface area contributed by atoms with E-state index in [4.69, 9.17) is 0 Å². The lowest BCUT2D eigenvalue weighted by atomic mass is 10.0. The summed E-state index contributed by atoms with van der Waals surface area (Å²) in [5.74, 6) is 0.548. The SMILES string of the molecule is CC(C)c1ccc(N=C2NNC(c3cccs3)=CS2)cc1. The molecule has 3 nitrogen and oxygen atoms in total. The summed E-state index contributed by atoms with van der Waals surface area (Å²) < 4.78 is 0. The van der Waals surface area contributed by atoms with Crippen molar-refractivity contribution in [3.05, 3.63) is 57.6 Å². The van der Waals surface area contributed by atoms with Crippen LogP contribution in [-0.4, -0.2) is 5.17 Å². The van der Waals surface area contributed by atoms with Crippen molar-refractivity contribution in [3.63, 3.8) is 0 Å². The van der Waals surface area contributed by atoms with Gasteiger partial charge in [0, 0.05) is 5.41 Å². The lowest BCUT2D eigenvalue weighted by molar-refractivity contribution is 0.851. The molecule has 1 aromatic carbocycles. The van der Waals surface area contributed by atoms with E-state index in [1.807, 2.05) is 6.07 Å².